The highest BCUT2D eigenvalue weighted by atomic mass is 79.9. The van der Waals surface area contributed by atoms with Crippen molar-refractivity contribution in [3.63, 3.8) is 0 Å². The number of nitrogens with zero attached hydrogens (tertiary/aromatic N) is 1. The van der Waals surface area contributed by atoms with Crippen molar-refractivity contribution in [2.24, 2.45) is 0 Å². The minimum absolute atomic E-state index is 0.119. The van der Waals surface area contributed by atoms with Crippen LogP contribution in [-0.4, -0.2) is 40.3 Å². The smallest absolute Gasteiger partial charge is 0.232 e. The molecule has 0 bridgehead atoms. The van der Waals surface area contributed by atoms with Crippen molar-refractivity contribution in [2.45, 2.75) is 19.4 Å². The quantitative estimate of drug-likeness (QED) is 0.513. The molecule has 152 valence electrons. The van der Waals surface area contributed by atoms with Crippen molar-refractivity contribution in [2.75, 3.05) is 30.3 Å². The van der Waals surface area contributed by atoms with Gasteiger partial charge in [0.1, 0.15) is 0 Å². The fraction of sp³-hybridized carbons (Fsp3) is 0.350. The van der Waals surface area contributed by atoms with E-state index >= 15 is 0 Å². The number of carbonyl (C=O) groups excluding carboxylic acids is 1. The Morgan fingerprint density at radius 2 is 1.89 bits per heavy atom. The average molecular weight is 469 g/mol. The Morgan fingerprint density at radius 1 is 1.14 bits per heavy atom. The molecule has 0 aliphatic rings. The molecule has 2 rings (SSSR count). The molecule has 0 radical (unpaired) electrons. The van der Waals surface area contributed by atoms with Crippen molar-refractivity contribution in [3.8, 4) is 0 Å². The second-order valence-corrected chi connectivity index (χ2v) is 9.13. The van der Waals surface area contributed by atoms with Crippen molar-refractivity contribution in [3.05, 3.63) is 64.6 Å². The molecule has 8 heteroatoms. The summed E-state index contributed by atoms with van der Waals surface area (Å²) >= 11 is 3.35. The van der Waals surface area contributed by atoms with Crippen molar-refractivity contribution in [1.82, 2.24) is 5.32 Å². The Morgan fingerprint density at radius 3 is 2.57 bits per heavy atom. The molecule has 0 spiro atoms. The van der Waals surface area contributed by atoms with E-state index in [1.165, 1.54) is 4.31 Å². The van der Waals surface area contributed by atoms with Crippen LogP contribution in [0.25, 0.3) is 0 Å². The molecule has 0 aromatic heterocycles. The first-order valence-corrected chi connectivity index (χ1v) is 11.6. The van der Waals surface area contributed by atoms with Crippen LogP contribution in [0.15, 0.2) is 59.1 Å². The third-order valence-corrected chi connectivity index (χ3v) is 5.63. The zero-order chi connectivity index (χ0) is 20.4. The van der Waals surface area contributed by atoms with Gasteiger partial charge in [0, 0.05) is 24.0 Å². The summed E-state index contributed by atoms with van der Waals surface area (Å²) in [5, 5.41) is 2.79. The largest absolute Gasteiger partial charge is 0.375 e. The molecular formula is C20H25BrN2O4S. The van der Waals surface area contributed by atoms with E-state index in [2.05, 4.69) is 21.2 Å². The van der Waals surface area contributed by atoms with Gasteiger partial charge in [0.2, 0.25) is 15.9 Å². The maximum Gasteiger partial charge on any atom is 0.232 e. The van der Waals surface area contributed by atoms with E-state index in [9.17, 15) is 13.2 Å². The van der Waals surface area contributed by atoms with Crippen LogP contribution in [0.2, 0.25) is 0 Å². The van der Waals surface area contributed by atoms with Gasteiger partial charge in [-0.2, -0.15) is 0 Å². The van der Waals surface area contributed by atoms with Crippen LogP contribution < -0.4 is 9.62 Å². The normalized spacial score (nSPS) is 11.2. The van der Waals surface area contributed by atoms with Gasteiger partial charge in [0.15, 0.2) is 0 Å². The first-order chi connectivity index (χ1) is 13.4. The van der Waals surface area contributed by atoms with Gasteiger partial charge >= 0.3 is 0 Å². The molecule has 0 fully saturated rings. The van der Waals surface area contributed by atoms with Gasteiger partial charge in [0.05, 0.1) is 25.2 Å². The third-order valence-electron chi connectivity index (χ3n) is 3.94. The number of hydrogen-bond acceptors (Lipinski definition) is 4. The van der Waals surface area contributed by atoms with Crippen LogP contribution in [0.1, 0.15) is 18.4 Å². The van der Waals surface area contributed by atoms with Crippen LogP contribution in [-0.2, 0) is 26.2 Å². The SMILES string of the molecule is CS(=O)(=O)N(CCCC(=O)NCCOCc1ccccc1)c1cccc(Br)c1. The average Bonchev–Trinajstić information content (AvgIpc) is 2.65. The number of benzene rings is 2. The van der Waals surface area contributed by atoms with Gasteiger partial charge in [0.25, 0.3) is 0 Å². The lowest BCUT2D eigenvalue weighted by Crippen LogP contribution is -2.32. The number of anilines is 1. The van der Waals surface area contributed by atoms with Gasteiger partial charge < -0.3 is 10.1 Å². The number of ether oxygens (including phenoxy) is 1. The summed E-state index contributed by atoms with van der Waals surface area (Å²) in [6.07, 6.45) is 1.84. The highest BCUT2D eigenvalue weighted by Crippen LogP contribution is 2.22. The van der Waals surface area contributed by atoms with Gasteiger partial charge in [-0.05, 0) is 30.2 Å². The highest BCUT2D eigenvalue weighted by molar-refractivity contribution is 9.10. The summed E-state index contributed by atoms with van der Waals surface area (Å²) < 4.78 is 31.8. The van der Waals surface area contributed by atoms with Crippen molar-refractivity contribution < 1.29 is 17.9 Å². The van der Waals surface area contributed by atoms with Gasteiger partial charge in [-0.15, -0.1) is 0 Å². The van der Waals surface area contributed by atoms with E-state index in [0.29, 0.717) is 31.9 Å². The summed E-state index contributed by atoms with van der Waals surface area (Å²) in [5.74, 6) is -0.119. The fourth-order valence-corrected chi connectivity index (χ4v) is 3.96. The minimum Gasteiger partial charge on any atom is -0.375 e. The molecular weight excluding hydrogens is 444 g/mol. The standard InChI is InChI=1S/C20H25BrN2O4S/c1-28(25,26)23(19-10-5-9-18(21)15-19)13-6-11-20(24)22-12-14-27-16-17-7-3-2-4-8-17/h2-5,7-10,15H,6,11-14,16H2,1H3,(H,22,24). The van der Waals surface area contributed by atoms with E-state index in [0.717, 1.165) is 16.3 Å². The Labute approximate surface area is 175 Å². The van der Waals surface area contributed by atoms with Crippen molar-refractivity contribution >= 4 is 37.5 Å². The molecule has 0 atom stereocenters. The van der Waals surface area contributed by atoms with Crippen molar-refractivity contribution in [1.29, 1.82) is 0 Å². The second kappa shape index (κ2) is 11.2. The van der Waals surface area contributed by atoms with E-state index < -0.39 is 10.0 Å². The number of amides is 1. The Kier molecular flexibility index (Phi) is 8.95. The third kappa shape index (κ3) is 8.00. The Hall–Kier alpha value is -1.90. The molecule has 0 saturated heterocycles. The second-order valence-electron chi connectivity index (χ2n) is 6.31. The van der Waals surface area contributed by atoms with Crippen LogP contribution in [0.3, 0.4) is 0 Å². The highest BCUT2D eigenvalue weighted by Gasteiger charge is 2.17. The monoisotopic (exact) mass is 468 g/mol. The lowest BCUT2D eigenvalue weighted by molar-refractivity contribution is -0.121. The van der Waals surface area contributed by atoms with E-state index in [1.54, 1.807) is 18.2 Å². The number of carbonyl (C=O) groups is 1. The summed E-state index contributed by atoms with van der Waals surface area (Å²) in [7, 11) is -3.42. The molecule has 2 aromatic rings. The Bertz CT molecular complexity index is 860. The maximum absolute atomic E-state index is 12.1. The van der Waals surface area contributed by atoms with Crippen LogP contribution in [0.4, 0.5) is 5.69 Å². The zero-order valence-electron chi connectivity index (χ0n) is 15.8. The summed E-state index contributed by atoms with van der Waals surface area (Å²) in [5.41, 5.74) is 1.66. The minimum atomic E-state index is -3.42. The number of rotatable bonds is 11. The first kappa shape index (κ1) is 22.4. The van der Waals surface area contributed by atoms with Crippen LogP contribution in [0, 0.1) is 0 Å². The molecule has 0 saturated carbocycles. The Balaban J connectivity index is 1.69. The summed E-state index contributed by atoms with van der Waals surface area (Å²) in [4.78, 5) is 12.0. The zero-order valence-corrected chi connectivity index (χ0v) is 18.2. The van der Waals surface area contributed by atoms with E-state index in [1.807, 2.05) is 36.4 Å². The lowest BCUT2D eigenvalue weighted by Gasteiger charge is -2.22. The molecule has 6 nitrogen and oxygen atoms in total. The van der Waals surface area contributed by atoms with E-state index in [4.69, 9.17) is 4.74 Å². The topological polar surface area (TPSA) is 75.7 Å². The summed E-state index contributed by atoms with van der Waals surface area (Å²) in [6, 6.07) is 16.9. The first-order valence-electron chi connectivity index (χ1n) is 8.98. The molecule has 0 aliphatic heterocycles. The predicted octanol–water partition coefficient (Wildman–Crippen LogP) is 3.33. The van der Waals surface area contributed by atoms with E-state index in [-0.39, 0.29) is 18.9 Å². The maximum atomic E-state index is 12.1. The molecule has 0 heterocycles. The van der Waals surface area contributed by atoms with Gasteiger partial charge in [-0.1, -0.05) is 52.3 Å². The van der Waals surface area contributed by atoms with Crippen LogP contribution in [0.5, 0.6) is 0 Å². The molecule has 1 amide bonds. The molecule has 0 aliphatic carbocycles. The number of nitrogens with one attached hydrogen (secondary N) is 1. The molecule has 1 N–H and O–H groups in total. The number of sulfonamides is 1. The molecule has 2 aromatic carbocycles. The summed E-state index contributed by atoms with van der Waals surface area (Å²) in [6.45, 7) is 1.60. The van der Waals surface area contributed by atoms with Gasteiger partial charge in [-0.3, -0.25) is 9.10 Å². The lowest BCUT2D eigenvalue weighted by atomic mass is 10.2. The fourth-order valence-electron chi connectivity index (χ4n) is 2.62. The van der Waals surface area contributed by atoms with Gasteiger partial charge in [-0.25, -0.2) is 8.42 Å². The molecule has 28 heavy (non-hydrogen) atoms. The number of hydrogen-bond donors (Lipinski definition) is 1. The molecule has 0 unspecified atom stereocenters. The number of halogens is 1. The predicted molar refractivity (Wildman–Crippen MR) is 115 cm³/mol. The van der Waals surface area contributed by atoms with Crippen LogP contribution >= 0.6 is 15.9 Å².